The third kappa shape index (κ3) is 3.76. The highest BCUT2D eigenvalue weighted by Crippen LogP contribution is 2.22. The molecule has 0 bridgehead atoms. The first-order valence-electron chi connectivity index (χ1n) is 7.21. The number of carbonyl (C=O) groups excluding carboxylic acids is 1. The van der Waals surface area contributed by atoms with Crippen molar-refractivity contribution in [3.8, 4) is 11.3 Å². The van der Waals surface area contributed by atoms with E-state index in [4.69, 9.17) is 4.42 Å². The van der Waals surface area contributed by atoms with Crippen molar-refractivity contribution in [1.82, 2.24) is 0 Å². The van der Waals surface area contributed by atoms with Gasteiger partial charge in [0.25, 0.3) is 0 Å². The molecular formula is C19H13F2NO2. The van der Waals surface area contributed by atoms with Crippen molar-refractivity contribution >= 4 is 17.7 Å². The summed E-state index contributed by atoms with van der Waals surface area (Å²) in [5.41, 5.74) is 0.838. The van der Waals surface area contributed by atoms with Crippen LogP contribution in [0.2, 0.25) is 0 Å². The van der Waals surface area contributed by atoms with Crippen LogP contribution >= 0.6 is 0 Å². The Labute approximate surface area is 137 Å². The second kappa shape index (κ2) is 6.91. The number of rotatable bonds is 4. The van der Waals surface area contributed by atoms with Crippen LogP contribution in [0.25, 0.3) is 17.4 Å². The molecule has 0 radical (unpaired) electrons. The predicted molar refractivity (Wildman–Crippen MR) is 88.2 cm³/mol. The smallest absolute Gasteiger partial charge is 0.248 e. The molecule has 0 aliphatic heterocycles. The zero-order valence-corrected chi connectivity index (χ0v) is 12.5. The zero-order chi connectivity index (χ0) is 16.9. The highest BCUT2D eigenvalue weighted by Gasteiger charge is 2.06. The molecule has 3 nitrogen and oxygen atoms in total. The molecule has 3 rings (SSSR count). The number of anilines is 1. The van der Waals surface area contributed by atoms with Gasteiger partial charge in [-0.25, -0.2) is 8.78 Å². The molecule has 0 unspecified atom stereocenters. The number of nitrogens with one attached hydrogen (secondary N) is 1. The molecule has 120 valence electrons. The van der Waals surface area contributed by atoms with E-state index in [0.717, 1.165) is 17.7 Å². The van der Waals surface area contributed by atoms with Crippen LogP contribution in [-0.2, 0) is 4.79 Å². The average molecular weight is 325 g/mol. The summed E-state index contributed by atoms with van der Waals surface area (Å²) in [6.07, 6.45) is 2.69. The number of halogens is 2. The molecule has 5 heteroatoms. The van der Waals surface area contributed by atoms with Gasteiger partial charge in [0.05, 0.1) is 5.69 Å². The Balaban J connectivity index is 1.67. The fraction of sp³-hybridized carbons (Fsp3) is 0. The van der Waals surface area contributed by atoms with Crippen LogP contribution in [0.5, 0.6) is 0 Å². The Morgan fingerprint density at radius 3 is 2.54 bits per heavy atom. The minimum Gasteiger partial charge on any atom is -0.457 e. The van der Waals surface area contributed by atoms with E-state index in [2.05, 4.69) is 5.32 Å². The monoisotopic (exact) mass is 325 g/mol. The second-order valence-electron chi connectivity index (χ2n) is 5.01. The molecule has 24 heavy (non-hydrogen) atoms. The maximum Gasteiger partial charge on any atom is 0.248 e. The van der Waals surface area contributed by atoms with Crippen LogP contribution in [0.1, 0.15) is 5.76 Å². The first-order valence-corrected chi connectivity index (χ1v) is 7.21. The largest absolute Gasteiger partial charge is 0.457 e. The summed E-state index contributed by atoms with van der Waals surface area (Å²) in [5, 5.41) is 2.34. The quantitative estimate of drug-likeness (QED) is 0.695. The minimum atomic E-state index is -0.832. The summed E-state index contributed by atoms with van der Waals surface area (Å²) in [6.45, 7) is 0. The van der Waals surface area contributed by atoms with E-state index in [-0.39, 0.29) is 5.69 Å². The lowest BCUT2D eigenvalue weighted by Gasteiger charge is -2.03. The summed E-state index contributed by atoms with van der Waals surface area (Å²) in [6, 6.07) is 16.0. The average Bonchev–Trinajstić information content (AvgIpc) is 3.05. The lowest BCUT2D eigenvalue weighted by Crippen LogP contribution is -2.09. The molecule has 2 aromatic carbocycles. The van der Waals surface area contributed by atoms with Gasteiger partial charge >= 0.3 is 0 Å². The Morgan fingerprint density at radius 1 is 1.00 bits per heavy atom. The van der Waals surface area contributed by atoms with Crippen molar-refractivity contribution in [3.05, 3.63) is 84.1 Å². The van der Waals surface area contributed by atoms with Crippen LogP contribution in [0, 0.1) is 11.6 Å². The third-order valence-electron chi connectivity index (χ3n) is 3.27. The van der Waals surface area contributed by atoms with E-state index in [9.17, 15) is 13.6 Å². The summed E-state index contributed by atoms with van der Waals surface area (Å²) in [5.74, 6) is -0.909. The Bertz CT molecular complexity index is 885. The van der Waals surface area contributed by atoms with E-state index < -0.39 is 17.5 Å². The number of benzene rings is 2. The van der Waals surface area contributed by atoms with E-state index >= 15 is 0 Å². The number of hydrogen-bond acceptors (Lipinski definition) is 2. The van der Waals surface area contributed by atoms with E-state index in [1.54, 1.807) is 12.1 Å². The van der Waals surface area contributed by atoms with Crippen LogP contribution in [0.3, 0.4) is 0 Å². The molecule has 0 fully saturated rings. The van der Waals surface area contributed by atoms with E-state index in [0.29, 0.717) is 17.6 Å². The molecule has 1 heterocycles. The topological polar surface area (TPSA) is 42.2 Å². The Kier molecular flexibility index (Phi) is 4.52. The van der Waals surface area contributed by atoms with Crippen molar-refractivity contribution in [3.63, 3.8) is 0 Å². The first-order chi connectivity index (χ1) is 11.6. The molecule has 1 amide bonds. The van der Waals surface area contributed by atoms with Crippen LogP contribution in [0.15, 0.2) is 71.2 Å². The van der Waals surface area contributed by atoms with Gasteiger partial charge in [-0.05, 0) is 30.3 Å². The zero-order valence-electron chi connectivity index (χ0n) is 12.5. The van der Waals surface area contributed by atoms with Crippen LogP contribution in [-0.4, -0.2) is 5.91 Å². The molecular weight excluding hydrogens is 312 g/mol. The molecule has 0 aliphatic carbocycles. The number of carbonyl (C=O) groups is 1. The van der Waals surface area contributed by atoms with Gasteiger partial charge < -0.3 is 9.73 Å². The van der Waals surface area contributed by atoms with Gasteiger partial charge in [-0.1, -0.05) is 30.3 Å². The first kappa shape index (κ1) is 15.7. The van der Waals surface area contributed by atoms with Gasteiger partial charge in [0.2, 0.25) is 5.91 Å². The highest BCUT2D eigenvalue weighted by molar-refractivity contribution is 6.01. The molecule has 0 spiro atoms. The third-order valence-corrected chi connectivity index (χ3v) is 3.27. The molecule has 0 atom stereocenters. The van der Waals surface area contributed by atoms with Gasteiger partial charge in [0.1, 0.15) is 23.2 Å². The number of furan rings is 1. The van der Waals surface area contributed by atoms with Gasteiger partial charge in [0.15, 0.2) is 0 Å². The van der Waals surface area contributed by atoms with Gasteiger partial charge in [-0.2, -0.15) is 0 Å². The Morgan fingerprint density at radius 2 is 1.79 bits per heavy atom. The number of amides is 1. The van der Waals surface area contributed by atoms with Crippen molar-refractivity contribution < 1.29 is 18.0 Å². The van der Waals surface area contributed by atoms with Crippen LogP contribution in [0.4, 0.5) is 14.5 Å². The minimum absolute atomic E-state index is 0.0875. The van der Waals surface area contributed by atoms with Gasteiger partial charge in [0, 0.05) is 17.7 Å². The summed E-state index contributed by atoms with van der Waals surface area (Å²) < 4.78 is 31.9. The van der Waals surface area contributed by atoms with E-state index in [1.807, 2.05) is 30.3 Å². The number of hydrogen-bond donors (Lipinski definition) is 1. The van der Waals surface area contributed by atoms with E-state index in [1.165, 1.54) is 12.2 Å². The van der Waals surface area contributed by atoms with Crippen LogP contribution < -0.4 is 5.32 Å². The predicted octanol–water partition coefficient (Wildman–Crippen LogP) is 4.88. The van der Waals surface area contributed by atoms with Gasteiger partial charge in [-0.3, -0.25) is 4.79 Å². The highest BCUT2D eigenvalue weighted by atomic mass is 19.1. The summed E-state index contributed by atoms with van der Waals surface area (Å²) >= 11 is 0. The summed E-state index contributed by atoms with van der Waals surface area (Å²) in [4.78, 5) is 11.8. The maximum absolute atomic E-state index is 13.5. The molecule has 0 saturated carbocycles. The molecule has 0 aliphatic rings. The lowest BCUT2D eigenvalue weighted by molar-refractivity contribution is -0.111. The molecule has 0 saturated heterocycles. The van der Waals surface area contributed by atoms with Crippen molar-refractivity contribution in [1.29, 1.82) is 0 Å². The van der Waals surface area contributed by atoms with Gasteiger partial charge in [-0.15, -0.1) is 0 Å². The SMILES string of the molecule is O=C(/C=C/c1ccc(-c2ccccc2)o1)Nc1ccc(F)cc1F. The standard InChI is InChI=1S/C19H13F2NO2/c20-14-6-9-17(16(21)12-14)22-19(23)11-8-15-7-10-18(24-15)13-4-2-1-3-5-13/h1-12H,(H,22,23)/b11-8+. The molecule has 1 aromatic heterocycles. The Hall–Kier alpha value is -3.21. The second-order valence-corrected chi connectivity index (χ2v) is 5.01. The van der Waals surface area contributed by atoms with Crippen molar-refractivity contribution in [2.24, 2.45) is 0 Å². The summed E-state index contributed by atoms with van der Waals surface area (Å²) in [7, 11) is 0. The lowest BCUT2D eigenvalue weighted by atomic mass is 10.2. The van der Waals surface area contributed by atoms with Crippen molar-refractivity contribution in [2.75, 3.05) is 5.32 Å². The fourth-order valence-electron chi connectivity index (χ4n) is 2.12. The molecule has 3 aromatic rings. The molecule has 1 N–H and O–H groups in total. The maximum atomic E-state index is 13.5. The van der Waals surface area contributed by atoms with Crippen molar-refractivity contribution in [2.45, 2.75) is 0 Å². The fourth-order valence-corrected chi connectivity index (χ4v) is 2.12. The normalized spacial score (nSPS) is 10.9.